The van der Waals surface area contributed by atoms with Gasteiger partial charge in [0.25, 0.3) is 0 Å². The molecular weight excluding hydrogens is 290 g/mol. The van der Waals surface area contributed by atoms with E-state index in [-0.39, 0.29) is 11.5 Å². The molecular formula is C15H19NO4S. The monoisotopic (exact) mass is 309 g/mol. The predicted octanol–water partition coefficient (Wildman–Crippen LogP) is 2.87. The summed E-state index contributed by atoms with van der Waals surface area (Å²) in [5.41, 5.74) is 0.535. The van der Waals surface area contributed by atoms with Crippen LogP contribution >= 0.6 is 11.8 Å². The van der Waals surface area contributed by atoms with Crippen LogP contribution in [0.15, 0.2) is 18.2 Å². The average molecular weight is 309 g/mol. The van der Waals surface area contributed by atoms with Gasteiger partial charge in [0, 0.05) is 6.42 Å². The van der Waals surface area contributed by atoms with Crippen molar-refractivity contribution in [3.05, 3.63) is 23.8 Å². The van der Waals surface area contributed by atoms with Gasteiger partial charge < -0.3 is 15.2 Å². The molecule has 1 aromatic rings. The fourth-order valence-corrected chi connectivity index (χ4v) is 3.56. The molecule has 5 nitrogen and oxygen atoms in total. The second-order valence-corrected chi connectivity index (χ2v) is 6.25. The Hall–Kier alpha value is -1.69. The summed E-state index contributed by atoms with van der Waals surface area (Å²) in [7, 11) is 1.49. The molecule has 2 N–H and O–H groups in total. The fourth-order valence-electron chi connectivity index (χ4n) is 2.35. The number of ether oxygens (including phenoxy) is 1. The van der Waals surface area contributed by atoms with Gasteiger partial charge in [0.05, 0.1) is 18.4 Å². The molecule has 0 unspecified atom stereocenters. The van der Waals surface area contributed by atoms with Crippen molar-refractivity contribution in [2.45, 2.75) is 19.3 Å². The Morgan fingerprint density at radius 1 is 1.38 bits per heavy atom. The summed E-state index contributed by atoms with van der Waals surface area (Å²) >= 11 is 1.92. The zero-order valence-corrected chi connectivity index (χ0v) is 12.7. The number of carbonyl (C=O) groups excluding carboxylic acids is 1. The van der Waals surface area contributed by atoms with Crippen molar-refractivity contribution in [3.63, 3.8) is 0 Å². The van der Waals surface area contributed by atoms with Gasteiger partial charge in [0.2, 0.25) is 5.91 Å². The number of thioether (sulfide) groups is 1. The molecule has 0 aliphatic carbocycles. The van der Waals surface area contributed by atoms with Gasteiger partial charge >= 0.3 is 5.97 Å². The number of hydrogen-bond acceptors (Lipinski definition) is 4. The Morgan fingerprint density at radius 3 is 2.71 bits per heavy atom. The molecule has 0 atom stereocenters. The Kier molecular flexibility index (Phi) is 5.50. The van der Waals surface area contributed by atoms with E-state index in [2.05, 4.69) is 5.32 Å². The zero-order chi connectivity index (χ0) is 15.2. The van der Waals surface area contributed by atoms with E-state index >= 15 is 0 Å². The minimum atomic E-state index is -1.03. The third-order valence-corrected chi connectivity index (χ3v) is 4.58. The van der Waals surface area contributed by atoms with Gasteiger partial charge in [-0.25, -0.2) is 4.79 Å². The van der Waals surface area contributed by atoms with Gasteiger partial charge in [0.15, 0.2) is 0 Å². The molecule has 1 amide bonds. The van der Waals surface area contributed by atoms with Gasteiger partial charge in [-0.1, -0.05) is 0 Å². The van der Waals surface area contributed by atoms with Crippen LogP contribution in [-0.2, 0) is 4.79 Å². The molecule has 1 aromatic carbocycles. The van der Waals surface area contributed by atoms with E-state index in [1.54, 1.807) is 6.07 Å². The maximum atomic E-state index is 12.1. The average Bonchev–Trinajstić information content (AvgIpc) is 2.48. The lowest BCUT2D eigenvalue weighted by Crippen LogP contribution is -2.20. The number of hydrogen-bond donors (Lipinski definition) is 2. The highest BCUT2D eigenvalue weighted by Crippen LogP contribution is 2.28. The topological polar surface area (TPSA) is 75.6 Å². The van der Waals surface area contributed by atoms with Crippen molar-refractivity contribution < 1.29 is 19.4 Å². The first-order valence-electron chi connectivity index (χ1n) is 6.89. The minimum Gasteiger partial charge on any atom is -0.495 e. The summed E-state index contributed by atoms with van der Waals surface area (Å²) in [6.45, 7) is 0. The van der Waals surface area contributed by atoms with Crippen LogP contribution in [0.2, 0.25) is 0 Å². The van der Waals surface area contributed by atoms with Crippen LogP contribution in [0.3, 0.4) is 0 Å². The van der Waals surface area contributed by atoms with Crippen LogP contribution in [0.5, 0.6) is 5.75 Å². The Bertz CT molecular complexity index is 526. The van der Waals surface area contributed by atoms with E-state index in [1.807, 2.05) is 11.8 Å². The first kappa shape index (κ1) is 15.7. The molecule has 1 heterocycles. The molecule has 1 fully saturated rings. The molecule has 1 aliphatic rings. The Morgan fingerprint density at radius 2 is 2.10 bits per heavy atom. The van der Waals surface area contributed by atoms with Crippen molar-refractivity contribution in [1.29, 1.82) is 0 Å². The summed E-state index contributed by atoms with van der Waals surface area (Å²) in [5, 5.41) is 11.8. The molecule has 6 heteroatoms. The lowest BCUT2D eigenvalue weighted by atomic mass is 9.98. The van der Waals surface area contributed by atoms with Crippen LogP contribution in [0.1, 0.15) is 29.6 Å². The zero-order valence-electron chi connectivity index (χ0n) is 11.9. The number of rotatable bonds is 5. The molecule has 0 aromatic heterocycles. The number of benzene rings is 1. The molecule has 0 radical (unpaired) electrons. The summed E-state index contributed by atoms with van der Waals surface area (Å²) in [5.74, 6) is 1.98. The van der Waals surface area contributed by atoms with Crippen molar-refractivity contribution >= 4 is 29.3 Å². The van der Waals surface area contributed by atoms with Crippen molar-refractivity contribution in [3.8, 4) is 5.75 Å². The van der Waals surface area contributed by atoms with Crippen molar-refractivity contribution in [1.82, 2.24) is 0 Å². The molecule has 114 valence electrons. The predicted molar refractivity (Wildman–Crippen MR) is 83.2 cm³/mol. The molecule has 0 saturated carbocycles. The smallest absolute Gasteiger partial charge is 0.335 e. The summed E-state index contributed by atoms with van der Waals surface area (Å²) in [4.78, 5) is 23.1. The van der Waals surface area contributed by atoms with Crippen molar-refractivity contribution in [2.24, 2.45) is 5.92 Å². The molecule has 1 aliphatic heterocycles. The number of anilines is 1. The standard InChI is InChI=1S/C15H19NO4S/c1-20-13-3-2-11(15(18)19)9-12(13)16-14(17)8-10-4-6-21-7-5-10/h2-3,9-10H,4-8H2,1H3,(H,16,17)(H,18,19). The number of amides is 1. The number of carboxylic acid groups (broad SMARTS) is 1. The van der Waals surface area contributed by atoms with Gasteiger partial charge in [-0.05, 0) is 48.5 Å². The van der Waals surface area contributed by atoms with Crippen LogP contribution < -0.4 is 10.1 Å². The fraction of sp³-hybridized carbons (Fsp3) is 0.467. The number of aromatic carboxylic acids is 1. The van der Waals surface area contributed by atoms with E-state index in [0.29, 0.717) is 23.8 Å². The number of methoxy groups -OCH3 is 1. The van der Waals surface area contributed by atoms with E-state index in [9.17, 15) is 9.59 Å². The number of carbonyl (C=O) groups is 2. The van der Waals surface area contributed by atoms with E-state index in [1.165, 1.54) is 19.2 Å². The van der Waals surface area contributed by atoms with Gasteiger partial charge in [-0.15, -0.1) is 0 Å². The SMILES string of the molecule is COc1ccc(C(=O)O)cc1NC(=O)CC1CCSCC1. The van der Waals surface area contributed by atoms with Crippen molar-refractivity contribution in [2.75, 3.05) is 23.9 Å². The quantitative estimate of drug-likeness (QED) is 0.874. The highest BCUT2D eigenvalue weighted by atomic mass is 32.2. The van der Waals surface area contributed by atoms with E-state index in [4.69, 9.17) is 9.84 Å². The molecule has 0 bridgehead atoms. The normalized spacial score (nSPS) is 15.5. The first-order valence-corrected chi connectivity index (χ1v) is 8.04. The largest absolute Gasteiger partial charge is 0.495 e. The van der Waals surface area contributed by atoms with E-state index in [0.717, 1.165) is 24.3 Å². The maximum absolute atomic E-state index is 12.1. The second kappa shape index (κ2) is 7.36. The summed E-state index contributed by atoms with van der Waals surface area (Å²) < 4.78 is 5.16. The Balaban J connectivity index is 2.04. The van der Waals surface area contributed by atoms with Gasteiger partial charge in [-0.3, -0.25) is 4.79 Å². The molecule has 1 saturated heterocycles. The number of nitrogens with one attached hydrogen (secondary N) is 1. The Labute approximate surface area is 128 Å². The van der Waals surface area contributed by atoms with Gasteiger partial charge in [-0.2, -0.15) is 11.8 Å². The highest BCUT2D eigenvalue weighted by molar-refractivity contribution is 7.99. The minimum absolute atomic E-state index is 0.0901. The third kappa shape index (κ3) is 4.39. The molecule has 0 spiro atoms. The van der Waals surface area contributed by atoms with Crippen LogP contribution in [0, 0.1) is 5.92 Å². The summed E-state index contributed by atoms with van der Waals surface area (Å²) in [6, 6.07) is 4.43. The van der Waals surface area contributed by atoms with Gasteiger partial charge in [0.1, 0.15) is 5.75 Å². The molecule has 21 heavy (non-hydrogen) atoms. The van der Waals surface area contributed by atoms with Crippen LogP contribution in [0.25, 0.3) is 0 Å². The maximum Gasteiger partial charge on any atom is 0.335 e. The van der Waals surface area contributed by atoms with Crippen LogP contribution in [0.4, 0.5) is 5.69 Å². The first-order chi connectivity index (χ1) is 10.1. The lowest BCUT2D eigenvalue weighted by Gasteiger charge is -2.21. The third-order valence-electron chi connectivity index (χ3n) is 3.54. The second-order valence-electron chi connectivity index (χ2n) is 5.03. The number of carboxylic acids is 1. The highest BCUT2D eigenvalue weighted by Gasteiger charge is 2.18. The lowest BCUT2D eigenvalue weighted by molar-refractivity contribution is -0.117. The summed E-state index contributed by atoms with van der Waals surface area (Å²) in [6.07, 6.45) is 2.59. The van der Waals surface area contributed by atoms with E-state index < -0.39 is 5.97 Å². The molecule has 2 rings (SSSR count). The van der Waals surface area contributed by atoms with Crippen LogP contribution in [-0.4, -0.2) is 35.6 Å².